The number of nitro groups is 1. The maximum absolute atomic E-state index is 11.6. The lowest BCUT2D eigenvalue weighted by atomic mass is 10.1. The summed E-state index contributed by atoms with van der Waals surface area (Å²) in [6.45, 7) is 3.59. The van der Waals surface area contributed by atoms with Crippen molar-refractivity contribution in [1.29, 1.82) is 0 Å². The van der Waals surface area contributed by atoms with Crippen molar-refractivity contribution in [1.82, 2.24) is 0 Å². The molecule has 0 aliphatic rings. The predicted molar refractivity (Wildman–Crippen MR) is 90.1 cm³/mol. The molecule has 0 saturated heterocycles. The normalized spacial score (nSPS) is 10.8. The highest BCUT2D eigenvalue weighted by Crippen LogP contribution is 2.36. The van der Waals surface area contributed by atoms with E-state index in [2.05, 4.69) is 0 Å². The molecule has 122 valence electrons. The Bertz CT molecular complexity index is 1030. The first-order chi connectivity index (χ1) is 11.4. The SMILES string of the molecule is Cc1cc(=O)oc2c(C)c(Oc3ccc([N+](=O)[O-])cc3Cl)ccc12. The maximum atomic E-state index is 11.6. The van der Waals surface area contributed by atoms with Crippen LogP contribution in [0.3, 0.4) is 0 Å². The number of hydrogen-bond donors (Lipinski definition) is 0. The van der Waals surface area contributed by atoms with Gasteiger partial charge in [-0.1, -0.05) is 11.6 Å². The first-order valence-electron chi connectivity index (χ1n) is 7.02. The van der Waals surface area contributed by atoms with Gasteiger partial charge in [0.25, 0.3) is 5.69 Å². The average Bonchev–Trinajstić information content (AvgIpc) is 2.52. The summed E-state index contributed by atoms with van der Waals surface area (Å²) in [7, 11) is 0. The quantitative estimate of drug-likeness (QED) is 0.388. The third kappa shape index (κ3) is 2.83. The van der Waals surface area contributed by atoms with Gasteiger partial charge in [-0.15, -0.1) is 0 Å². The summed E-state index contributed by atoms with van der Waals surface area (Å²) in [6, 6.07) is 8.91. The molecule has 6 nitrogen and oxygen atoms in total. The molecule has 0 amide bonds. The van der Waals surface area contributed by atoms with E-state index in [-0.39, 0.29) is 16.5 Å². The molecule has 3 rings (SSSR count). The van der Waals surface area contributed by atoms with Crippen LogP contribution >= 0.6 is 11.6 Å². The molecule has 0 spiro atoms. The van der Waals surface area contributed by atoms with Gasteiger partial charge >= 0.3 is 5.63 Å². The highest BCUT2D eigenvalue weighted by Gasteiger charge is 2.14. The molecule has 1 heterocycles. The lowest BCUT2D eigenvalue weighted by molar-refractivity contribution is -0.384. The molecule has 24 heavy (non-hydrogen) atoms. The summed E-state index contributed by atoms with van der Waals surface area (Å²) in [5.41, 5.74) is 1.33. The van der Waals surface area contributed by atoms with Crippen LogP contribution in [0.25, 0.3) is 11.0 Å². The molecule has 0 unspecified atom stereocenters. The van der Waals surface area contributed by atoms with Crippen molar-refractivity contribution in [2.75, 3.05) is 0 Å². The van der Waals surface area contributed by atoms with Gasteiger partial charge in [-0.25, -0.2) is 4.79 Å². The Balaban J connectivity index is 2.06. The molecule has 0 aliphatic heterocycles. The summed E-state index contributed by atoms with van der Waals surface area (Å²) < 4.78 is 11.0. The van der Waals surface area contributed by atoms with Crippen molar-refractivity contribution >= 4 is 28.3 Å². The minimum Gasteiger partial charge on any atom is -0.455 e. The molecule has 0 bridgehead atoms. The van der Waals surface area contributed by atoms with E-state index in [0.717, 1.165) is 10.9 Å². The van der Waals surface area contributed by atoms with Gasteiger partial charge in [0.05, 0.1) is 9.95 Å². The Kier molecular flexibility index (Phi) is 3.99. The highest BCUT2D eigenvalue weighted by molar-refractivity contribution is 6.32. The molecule has 1 aromatic heterocycles. The largest absolute Gasteiger partial charge is 0.455 e. The second kappa shape index (κ2) is 5.98. The Morgan fingerprint density at radius 2 is 1.83 bits per heavy atom. The Labute approximate surface area is 141 Å². The maximum Gasteiger partial charge on any atom is 0.336 e. The zero-order valence-electron chi connectivity index (χ0n) is 12.8. The molecule has 0 radical (unpaired) electrons. The predicted octanol–water partition coefficient (Wildman–Crippen LogP) is 4.76. The van der Waals surface area contributed by atoms with E-state index >= 15 is 0 Å². The monoisotopic (exact) mass is 345 g/mol. The molecular formula is C17H12ClNO5. The van der Waals surface area contributed by atoms with E-state index in [4.69, 9.17) is 20.8 Å². The Morgan fingerprint density at radius 1 is 1.12 bits per heavy atom. The first kappa shape index (κ1) is 16.0. The smallest absolute Gasteiger partial charge is 0.336 e. The van der Waals surface area contributed by atoms with Crippen LogP contribution in [0, 0.1) is 24.0 Å². The third-order valence-corrected chi connectivity index (χ3v) is 3.96. The third-order valence-electron chi connectivity index (χ3n) is 3.66. The van der Waals surface area contributed by atoms with E-state index in [9.17, 15) is 14.9 Å². The summed E-state index contributed by atoms with van der Waals surface area (Å²) in [6.07, 6.45) is 0. The fourth-order valence-corrected chi connectivity index (χ4v) is 2.63. The number of halogens is 1. The van der Waals surface area contributed by atoms with Crippen LogP contribution in [0.5, 0.6) is 11.5 Å². The fraction of sp³-hybridized carbons (Fsp3) is 0.118. The van der Waals surface area contributed by atoms with E-state index in [0.29, 0.717) is 16.9 Å². The topological polar surface area (TPSA) is 82.6 Å². The molecule has 0 atom stereocenters. The lowest BCUT2D eigenvalue weighted by Gasteiger charge is -2.12. The van der Waals surface area contributed by atoms with Crippen LogP contribution in [-0.4, -0.2) is 4.92 Å². The highest BCUT2D eigenvalue weighted by atomic mass is 35.5. The van der Waals surface area contributed by atoms with Crippen LogP contribution in [0.1, 0.15) is 11.1 Å². The zero-order valence-corrected chi connectivity index (χ0v) is 13.6. The van der Waals surface area contributed by atoms with Crippen LogP contribution in [0.15, 0.2) is 45.6 Å². The van der Waals surface area contributed by atoms with Gasteiger partial charge in [0.2, 0.25) is 0 Å². The minimum atomic E-state index is -0.533. The van der Waals surface area contributed by atoms with Gasteiger partial charge in [0.1, 0.15) is 17.1 Å². The van der Waals surface area contributed by atoms with Crippen molar-refractivity contribution in [3.8, 4) is 11.5 Å². The van der Waals surface area contributed by atoms with Crippen LogP contribution in [0.2, 0.25) is 5.02 Å². The molecule has 0 N–H and O–H groups in total. The lowest BCUT2D eigenvalue weighted by Crippen LogP contribution is -2.00. The number of nitro benzene ring substituents is 1. The van der Waals surface area contributed by atoms with Crippen molar-refractivity contribution in [3.05, 3.63) is 73.1 Å². The number of rotatable bonds is 3. The van der Waals surface area contributed by atoms with E-state index in [1.165, 1.54) is 24.3 Å². The van der Waals surface area contributed by atoms with Gasteiger partial charge in [0.15, 0.2) is 0 Å². The van der Waals surface area contributed by atoms with Gasteiger partial charge < -0.3 is 9.15 Å². The van der Waals surface area contributed by atoms with Crippen molar-refractivity contribution in [2.45, 2.75) is 13.8 Å². The number of ether oxygens (including phenoxy) is 1. The van der Waals surface area contributed by atoms with E-state index in [1.54, 1.807) is 19.1 Å². The molecular weight excluding hydrogens is 334 g/mol. The van der Waals surface area contributed by atoms with Crippen molar-refractivity contribution in [2.24, 2.45) is 0 Å². The van der Waals surface area contributed by atoms with Gasteiger partial charge in [-0.2, -0.15) is 0 Å². The second-order valence-corrected chi connectivity index (χ2v) is 5.69. The number of fused-ring (bicyclic) bond motifs is 1. The molecule has 0 fully saturated rings. The molecule has 0 saturated carbocycles. The number of non-ortho nitro benzene ring substituents is 1. The number of hydrogen-bond acceptors (Lipinski definition) is 5. The molecule has 7 heteroatoms. The van der Waals surface area contributed by atoms with E-state index in [1.807, 2.05) is 6.92 Å². The number of aryl methyl sites for hydroxylation is 2. The Morgan fingerprint density at radius 3 is 2.50 bits per heavy atom. The number of nitrogens with zero attached hydrogens (tertiary/aromatic N) is 1. The van der Waals surface area contributed by atoms with Crippen molar-refractivity contribution in [3.63, 3.8) is 0 Å². The summed E-state index contributed by atoms with van der Waals surface area (Å²) in [5, 5.41) is 11.7. The minimum absolute atomic E-state index is 0.120. The summed E-state index contributed by atoms with van der Waals surface area (Å²) >= 11 is 6.04. The summed E-state index contributed by atoms with van der Waals surface area (Å²) in [4.78, 5) is 21.8. The standard InChI is InChI=1S/C17H12ClNO5/c1-9-7-16(20)24-17-10(2)14(6-4-12(9)17)23-15-5-3-11(19(21)22)8-13(15)18/h3-8H,1-2H3. The fourth-order valence-electron chi connectivity index (χ4n) is 2.42. The number of benzene rings is 2. The van der Waals surface area contributed by atoms with E-state index < -0.39 is 10.5 Å². The molecule has 0 aliphatic carbocycles. The van der Waals surface area contributed by atoms with Crippen molar-refractivity contribution < 1.29 is 14.1 Å². The summed E-state index contributed by atoms with van der Waals surface area (Å²) in [5.74, 6) is 0.728. The van der Waals surface area contributed by atoms with Crippen LogP contribution in [-0.2, 0) is 0 Å². The molecule has 2 aromatic carbocycles. The van der Waals surface area contributed by atoms with Crippen LogP contribution in [0.4, 0.5) is 5.69 Å². The van der Waals surface area contributed by atoms with Crippen LogP contribution < -0.4 is 10.4 Å². The second-order valence-electron chi connectivity index (χ2n) is 5.29. The zero-order chi connectivity index (χ0) is 17.4. The van der Waals surface area contributed by atoms with Gasteiger partial charge in [-0.05, 0) is 37.6 Å². The molecule has 3 aromatic rings. The van der Waals surface area contributed by atoms with Gasteiger partial charge in [-0.3, -0.25) is 10.1 Å². The van der Waals surface area contributed by atoms with Gasteiger partial charge in [0, 0.05) is 29.1 Å². The average molecular weight is 346 g/mol. The first-order valence-corrected chi connectivity index (χ1v) is 7.40. The Hall–Kier alpha value is -2.86.